The van der Waals surface area contributed by atoms with Crippen molar-refractivity contribution in [2.75, 3.05) is 18.5 Å². The van der Waals surface area contributed by atoms with E-state index in [1.165, 1.54) is 24.9 Å². The monoisotopic (exact) mass is 294 g/mol. The second-order valence-corrected chi connectivity index (χ2v) is 6.16. The minimum Gasteiger partial charge on any atom is -0.369 e. The highest BCUT2D eigenvalue weighted by atomic mass is 19.1. The van der Waals surface area contributed by atoms with Crippen LogP contribution in [0.1, 0.15) is 64.1 Å². The van der Waals surface area contributed by atoms with Crippen molar-refractivity contribution in [3.63, 3.8) is 0 Å². The van der Waals surface area contributed by atoms with E-state index in [4.69, 9.17) is 0 Å². The first-order valence-corrected chi connectivity index (χ1v) is 8.16. The van der Waals surface area contributed by atoms with Crippen molar-refractivity contribution in [1.29, 1.82) is 0 Å². The average molecular weight is 294 g/mol. The zero-order chi connectivity index (χ0) is 16.0. The van der Waals surface area contributed by atoms with Gasteiger partial charge in [-0.25, -0.2) is 4.39 Å². The van der Waals surface area contributed by atoms with E-state index in [0.717, 1.165) is 17.7 Å². The summed E-state index contributed by atoms with van der Waals surface area (Å²) in [5.74, 6) is -0.117. The highest BCUT2D eigenvalue weighted by Gasteiger charge is 2.19. The quantitative estimate of drug-likeness (QED) is 0.692. The molecule has 0 fully saturated rings. The van der Waals surface area contributed by atoms with Crippen LogP contribution in [0.4, 0.5) is 10.1 Å². The lowest BCUT2D eigenvalue weighted by atomic mass is 10.0. The van der Waals surface area contributed by atoms with Gasteiger partial charge in [0.15, 0.2) is 0 Å². The number of rotatable bonds is 8. The molecule has 1 rings (SSSR count). The third-order valence-electron chi connectivity index (χ3n) is 4.14. The Balaban J connectivity index is 3.18. The minimum absolute atomic E-state index is 0.117. The largest absolute Gasteiger partial charge is 0.369 e. The predicted octanol–water partition coefficient (Wildman–Crippen LogP) is 4.82. The molecule has 0 aliphatic heterocycles. The second-order valence-electron chi connectivity index (χ2n) is 6.16. The van der Waals surface area contributed by atoms with E-state index in [1.807, 2.05) is 20.0 Å². The molecular weight excluding hydrogens is 263 g/mol. The Kier molecular flexibility index (Phi) is 7.16. The van der Waals surface area contributed by atoms with Crippen LogP contribution in [0.3, 0.4) is 0 Å². The molecular formula is C18H31FN2. The first-order valence-electron chi connectivity index (χ1n) is 8.16. The van der Waals surface area contributed by atoms with E-state index in [-0.39, 0.29) is 11.9 Å². The number of nitrogens with zero attached hydrogens (tertiary/aromatic N) is 1. The lowest BCUT2D eigenvalue weighted by molar-refractivity contribution is 0.587. The molecule has 0 heterocycles. The number of anilines is 1. The van der Waals surface area contributed by atoms with Crippen molar-refractivity contribution in [2.45, 2.75) is 66.0 Å². The Morgan fingerprint density at radius 3 is 2.38 bits per heavy atom. The third kappa shape index (κ3) is 4.70. The summed E-state index contributed by atoms with van der Waals surface area (Å²) < 4.78 is 14.0. The van der Waals surface area contributed by atoms with Gasteiger partial charge in [0, 0.05) is 24.3 Å². The fourth-order valence-electron chi connectivity index (χ4n) is 2.62. The maximum atomic E-state index is 14.0. The van der Waals surface area contributed by atoms with E-state index in [1.54, 1.807) is 6.07 Å². The molecule has 0 aliphatic rings. The van der Waals surface area contributed by atoms with E-state index in [2.05, 4.69) is 37.9 Å². The molecule has 0 aliphatic carbocycles. The minimum atomic E-state index is -0.117. The normalized spacial score (nSPS) is 12.8. The van der Waals surface area contributed by atoms with Gasteiger partial charge < -0.3 is 10.2 Å². The Bertz CT molecular complexity index is 443. The molecule has 0 aromatic heterocycles. The fraction of sp³-hybridized carbons (Fsp3) is 0.667. The van der Waals surface area contributed by atoms with Crippen molar-refractivity contribution in [3.05, 3.63) is 29.1 Å². The van der Waals surface area contributed by atoms with Crippen molar-refractivity contribution in [3.8, 4) is 0 Å². The molecule has 21 heavy (non-hydrogen) atoms. The highest BCUT2D eigenvalue weighted by Crippen LogP contribution is 2.31. The van der Waals surface area contributed by atoms with E-state index < -0.39 is 0 Å². The summed E-state index contributed by atoms with van der Waals surface area (Å²) in [5.41, 5.74) is 2.94. The molecule has 0 amide bonds. The first kappa shape index (κ1) is 18.0. The Hall–Kier alpha value is -1.09. The van der Waals surface area contributed by atoms with Crippen LogP contribution in [0.25, 0.3) is 0 Å². The summed E-state index contributed by atoms with van der Waals surface area (Å²) in [6.07, 6.45) is 3.63. The summed E-state index contributed by atoms with van der Waals surface area (Å²) in [5, 5.41) is 3.24. The number of halogens is 1. The van der Waals surface area contributed by atoms with Gasteiger partial charge >= 0.3 is 0 Å². The Morgan fingerprint density at radius 2 is 1.86 bits per heavy atom. The lowest BCUT2D eigenvalue weighted by Crippen LogP contribution is -2.33. The van der Waals surface area contributed by atoms with Gasteiger partial charge in [-0.1, -0.05) is 19.8 Å². The molecule has 0 radical (unpaired) electrons. The van der Waals surface area contributed by atoms with Crippen molar-refractivity contribution >= 4 is 5.69 Å². The summed E-state index contributed by atoms with van der Waals surface area (Å²) in [6.45, 7) is 11.6. The smallest absolute Gasteiger partial charge is 0.126 e. The zero-order valence-electron chi connectivity index (χ0n) is 14.5. The maximum absolute atomic E-state index is 14.0. The van der Waals surface area contributed by atoms with Gasteiger partial charge in [-0.3, -0.25) is 0 Å². The standard InChI is InChI=1S/C18H31FN2/c1-7-8-9-10-21(13(2)3)18-11-14(4)17(19)12-16(18)15(5)20-6/h11-13,15,20H,7-10H2,1-6H3. The van der Waals surface area contributed by atoms with Gasteiger partial charge in [-0.2, -0.15) is 0 Å². The van der Waals surface area contributed by atoms with Gasteiger partial charge in [-0.05, 0) is 64.4 Å². The Labute approximate surface area is 129 Å². The first-order chi connectivity index (χ1) is 9.92. The van der Waals surface area contributed by atoms with Crippen LogP contribution in [-0.2, 0) is 0 Å². The second kappa shape index (κ2) is 8.38. The van der Waals surface area contributed by atoms with Crippen molar-refractivity contribution in [1.82, 2.24) is 5.32 Å². The van der Waals surface area contributed by atoms with Crippen LogP contribution in [0, 0.1) is 12.7 Å². The van der Waals surface area contributed by atoms with Crippen LogP contribution in [0.2, 0.25) is 0 Å². The van der Waals surface area contributed by atoms with Crippen LogP contribution in [-0.4, -0.2) is 19.6 Å². The van der Waals surface area contributed by atoms with Gasteiger partial charge in [0.25, 0.3) is 0 Å². The highest BCUT2D eigenvalue weighted by molar-refractivity contribution is 5.57. The summed E-state index contributed by atoms with van der Waals surface area (Å²) in [7, 11) is 1.92. The summed E-state index contributed by atoms with van der Waals surface area (Å²) in [4.78, 5) is 2.41. The molecule has 1 aromatic carbocycles. The Morgan fingerprint density at radius 1 is 1.19 bits per heavy atom. The maximum Gasteiger partial charge on any atom is 0.126 e. The van der Waals surface area contributed by atoms with E-state index in [0.29, 0.717) is 6.04 Å². The third-order valence-corrected chi connectivity index (χ3v) is 4.14. The number of hydrogen-bond acceptors (Lipinski definition) is 2. The van der Waals surface area contributed by atoms with Crippen LogP contribution < -0.4 is 10.2 Å². The number of nitrogens with one attached hydrogen (secondary N) is 1. The molecule has 1 N–H and O–H groups in total. The molecule has 0 spiro atoms. The van der Waals surface area contributed by atoms with Gasteiger partial charge in [-0.15, -0.1) is 0 Å². The molecule has 1 atom stereocenters. The molecule has 0 bridgehead atoms. The van der Waals surface area contributed by atoms with Gasteiger partial charge in [0.2, 0.25) is 0 Å². The lowest BCUT2D eigenvalue weighted by Gasteiger charge is -2.33. The van der Waals surface area contributed by atoms with Crippen LogP contribution in [0.5, 0.6) is 0 Å². The van der Waals surface area contributed by atoms with E-state index in [9.17, 15) is 4.39 Å². The van der Waals surface area contributed by atoms with E-state index >= 15 is 0 Å². The fourth-order valence-corrected chi connectivity index (χ4v) is 2.62. The number of benzene rings is 1. The number of aryl methyl sites for hydroxylation is 1. The number of hydrogen-bond donors (Lipinski definition) is 1. The predicted molar refractivity (Wildman–Crippen MR) is 90.6 cm³/mol. The van der Waals surface area contributed by atoms with Crippen molar-refractivity contribution < 1.29 is 4.39 Å². The zero-order valence-corrected chi connectivity index (χ0v) is 14.5. The average Bonchev–Trinajstić information content (AvgIpc) is 2.45. The summed E-state index contributed by atoms with van der Waals surface area (Å²) in [6, 6.07) is 4.25. The van der Waals surface area contributed by atoms with Crippen LogP contribution in [0.15, 0.2) is 12.1 Å². The molecule has 120 valence electrons. The van der Waals surface area contributed by atoms with Gasteiger partial charge in [0.1, 0.15) is 5.82 Å². The topological polar surface area (TPSA) is 15.3 Å². The SMILES string of the molecule is CCCCCN(c1cc(C)c(F)cc1C(C)NC)C(C)C. The number of unbranched alkanes of at least 4 members (excludes halogenated alkanes) is 2. The molecule has 3 heteroatoms. The summed E-state index contributed by atoms with van der Waals surface area (Å²) >= 11 is 0. The molecule has 2 nitrogen and oxygen atoms in total. The molecule has 1 unspecified atom stereocenters. The molecule has 1 aromatic rings. The molecule has 0 saturated heterocycles. The van der Waals surface area contributed by atoms with Gasteiger partial charge in [0.05, 0.1) is 0 Å². The van der Waals surface area contributed by atoms with Crippen molar-refractivity contribution in [2.24, 2.45) is 0 Å². The molecule has 0 saturated carbocycles. The van der Waals surface area contributed by atoms with Crippen LogP contribution >= 0.6 is 0 Å².